The van der Waals surface area contributed by atoms with Crippen molar-refractivity contribution in [2.45, 2.75) is 45.4 Å². The molecular formula is C17H30N2O2. The number of nitrogens with one attached hydrogen (secondary N) is 1. The average Bonchev–Trinajstić information content (AvgIpc) is 3.24. The molecule has 2 atom stereocenters. The third kappa shape index (κ3) is 3.98. The zero-order chi connectivity index (χ0) is 14.7. The number of hydrogen-bond donors (Lipinski definition) is 1. The van der Waals surface area contributed by atoms with E-state index in [9.17, 15) is 4.79 Å². The Balaban J connectivity index is 1.55. The van der Waals surface area contributed by atoms with E-state index in [4.69, 9.17) is 4.74 Å². The summed E-state index contributed by atoms with van der Waals surface area (Å²) in [5.74, 6) is 1.20. The first-order chi connectivity index (χ1) is 10.2. The fourth-order valence-electron chi connectivity index (χ4n) is 4.02. The zero-order valence-electron chi connectivity index (χ0n) is 13.4. The molecule has 0 aromatic rings. The number of rotatable bonds is 5. The molecule has 0 unspecified atom stereocenters. The second kappa shape index (κ2) is 6.66. The Morgan fingerprint density at radius 2 is 1.90 bits per heavy atom. The van der Waals surface area contributed by atoms with Gasteiger partial charge in [-0.15, -0.1) is 0 Å². The maximum absolute atomic E-state index is 12.1. The van der Waals surface area contributed by atoms with E-state index < -0.39 is 0 Å². The molecule has 1 aliphatic heterocycles. The maximum Gasteiger partial charge on any atom is 0.223 e. The molecule has 2 saturated carbocycles. The first kappa shape index (κ1) is 15.3. The lowest BCUT2D eigenvalue weighted by Crippen LogP contribution is -2.49. The number of nitrogens with zero attached hydrogens (tertiary/aromatic N) is 1. The van der Waals surface area contributed by atoms with E-state index in [0.29, 0.717) is 23.2 Å². The van der Waals surface area contributed by atoms with E-state index in [2.05, 4.69) is 17.1 Å². The van der Waals surface area contributed by atoms with Crippen LogP contribution in [0.1, 0.15) is 45.4 Å². The van der Waals surface area contributed by atoms with Crippen molar-refractivity contribution in [2.24, 2.45) is 17.3 Å². The quantitative estimate of drug-likeness (QED) is 0.843. The third-order valence-electron chi connectivity index (χ3n) is 5.66. The lowest BCUT2D eigenvalue weighted by molar-refractivity contribution is -0.123. The summed E-state index contributed by atoms with van der Waals surface area (Å²) in [7, 11) is 0. The van der Waals surface area contributed by atoms with Crippen molar-refractivity contribution in [3.63, 3.8) is 0 Å². The zero-order valence-corrected chi connectivity index (χ0v) is 13.4. The molecule has 0 spiro atoms. The van der Waals surface area contributed by atoms with Gasteiger partial charge in [0.05, 0.1) is 13.2 Å². The highest BCUT2D eigenvalue weighted by Crippen LogP contribution is 2.39. The van der Waals surface area contributed by atoms with Crippen molar-refractivity contribution >= 4 is 5.91 Å². The molecular weight excluding hydrogens is 264 g/mol. The van der Waals surface area contributed by atoms with Gasteiger partial charge in [0, 0.05) is 37.5 Å². The molecule has 0 aromatic carbocycles. The molecule has 1 N–H and O–H groups in total. The summed E-state index contributed by atoms with van der Waals surface area (Å²) >= 11 is 0. The topological polar surface area (TPSA) is 41.6 Å². The molecule has 0 bridgehead atoms. The van der Waals surface area contributed by atoms with Gasteiger partial charge in [-0.3, -0.25) is 9.69 Å². The van der Waals surface area contributed by atoms with Crippen LogP contribution < -0.4 is 5.32 Å². The highest BCUT2D eigenvalue weighted by atomic mass is 16.5. The van der Waals surface area contributed by atoms with Gasteiger partial charge in [0.1, 0.15) is 0 Å². The standard InChI is InChI=1S/C17H30N2O2/c1-14-11-15(14)16(20)18-12-17(5-3-2-4-6-17)13-19-7-9-21-10-8-19/h14-15H,2-13H2,1H3,(H,18,20)/t14-,15-/m0/s1. The molecule has 3 fully saturated rings. The monoisotopic (exact) mass is 294 g/mol. The average molecular weight is 294 g/mol. The summed E-state index contributed by atoms with van der Waals surface area (Å²) in [4.78, 5) is 14.7. The van der Waals surface area contributed by atoms with Gasteiger partial charge in [0.15, 0.2) is 0 Å². The molecule has 21 heavy (non-hydrogen) atoms. The SMILES string of the molecule is C[C@H]1C[C@@H]1C(=O)NCC1(CN2CCOCC2)CCCCC1. The van der Waals surface area contributed by atoms with Crippen molar-refractivity contribution in [3.05, 3.63) is 0 Å². The van der Waals surface area contributed by atoms with Gasteiger partial charge < -0.3 is 10.1 Å². The number of hydrogen-bond acceptors (Lipinski definition) is 3. The lowest BCUT2D eigenvalue weighted by atomic mass is 9.73. The molecule has 2 aliphatic carbocycles. The van der Waals surface area contributed by atoms with E-state index >= 15 is 0 Å². The Bertz CT molecular complexity index is 360. The minimum absolute atomic E-state index is 0.300. The summed E-state index contributed by atoms with van der Waals surface area (Å²) in [5.41, 5.74) is 0.309. The Hall–Kier alpha value is -0.610. The Morgan fingerprint density at radius 1 is 1.24 bits per heavy atom. The summed E-state index contributed by atoms with van der Waals surface area (Å²) in [6, 6.07) is 0. The van der Waals surface area contributed by atoms with Crippen molar-refractivity contribution in [1.29, 1.82) is 0 Å². The second-order valence-corrected chi connectivity index (χ2v) is 7.49. The van der Waals surface area contributed by atoms with Crippen LogP contribution in [-0.2, 0) is 9.53 Å². The van der Waals surface area contributed by atoms with Gasteiger partial charge in [-0.2, -0.15) is 0 Å². The number of amides is 1. The lowest BCUT2D eigenvalue weighted by Gasteiger charge is -2.42. The Labute approximate surface area is 128 Å². The minimum Gasteiger partial charge on any atom is -0.379 e. The van der Waals surface area contributed by atoms with E-state index in [-0.39, 0.29) is 0 Å². The minimum atomic E-state index is 0.300. The van der Waals surface area contributed by atoms with Gasteiger partial charge in [-0.1, -0.05) is 26.2 Å². The van der Waals surface area contributed by atoms with Crippen LogP contribution in [0.4, 0.5) is 0 Å². The van der Waals surface area contributed by atoms with Crippen LogP contribution in [0.2, 0.25) is 0 Å². The third-order valence-corrected chi connectivity index (χ3v) is 5.66. The largest absolute Gasteiger partial charge is 0.379 e. The maximum atomic E-state index is 12.1. The van der Waals surface area contributed by atoms with Crippen molar-refractivity contribution in [1.82, 2.24) is 10.2 Å². The van der Waals surface area contributed by atoms with E-state index in [1.165, 1.54) is 32.1 Å². The molecule has 1 saturated heterocycles. The van der Waals surface area contributed by atoms with Crippen molar-refractivity contribution in [2.75, 3.05) is 39.4 Å². The van der Waals surface area contributed by atoms with Crippen LogP contribution in [0.5, 0.6) is 0 Å². The van der Waals surface area contributed by atoms with Crippen molar-refractivity contribution < 1.29 is 9.53 Å². The molecule has 4 nitrogen and oxygen atoms in total. The normalized spacial score (nSPS) is 32.6. The summed E-state index contributed by atoms with van der Waals surface area (Å²) in [6.45, 7) is 8.02. The number of morpholine rings is 1. The molecule has 3 aliphatic rings. The van der Waals surface area contributed by atoms with Crippen LogP contribution in [0.15, 0.2) is 0 Å². The van der Waals surface area contributed by atoms with Crippen molar-refractivity contribution in [3.8, 4) is 0 Å². The van der Waals surface area contributed by atoms with Gasteiger partial charge in [0.25, 0.3) is 0 Å². The van der Waals surface area contributed by atoms with Crippen LogP contribution in [0.25, 0.3) is 0 Å². The molecule has 4 heteroatoms. The predicted octanol–water partition coefficient (Wildman–Crippen LogP) is 2.04. The predicted molar refractivity (Wildman–Crippen MR) is 83.1 cm³/mol. The number of carbonyl (C=O) groups excluding carboxylic acids is 1. The van der Waals surface area contributed by atoms with Crippen LogP contribution in [0, 0.1) is 17.3 Å². The highest BCUT2D eigenvalue weighted by molar-refractivity contribution is 5.81. The summed E-state index contributed by atoms with van der Waals surface area (Å²) in [6.07, 6.45) is 7.62. The van der Waals surface area contributed by atoms with Crippen LogP contribution in [-0.4, -0.2) is 50.2 Å². The first-order valence-corrected chi connectivity index (χ1v) is 8.76. The second-order valence-electron chi connectivity index (χ2n) is 7.49. The van der Waals surface area contributed by atoms with Crippen LogP contribution >= 0.6 is 0 Å². The van der Waals surface area contributed by atoms with E-state index in [0.717, 1.165) is 45.8 Å². The molecule has 1 amide bonds. The molecule has 0 aromatic heterocycles. The number of ether oxygens (including phenoxy) is 1. The molecule has 3 rings (SSSR count). The highest BCUT2D eigenvalue weighted by Gasteiger charge is 2.41. The fraction of sp³-hybridized carbons (Fsp3) is 0.941. The Kier molecular flexibility index (Phi) is 4.85. The molecule has 1 heterocycles. The van der Waals surface area contributed by atoms with Gasteiger partial charge in [0.2, 0.25) is 5.91 Å². The van der Waals surface area contributed by atoms with E-state index in [1.807, 2.05) is 0 Å². The van der Waals surface area contributed by atoms with E-state index in [1.54, 1.807) is 0 Å². The smallest absolute Gasteiger partial charge is 0.223 e. The van der Waals surface area contributed by atoms with Gasteiger partial charge in [-0.05, 0) is 25.2 Å². The van der Waals surface area contributed by atoms with Crippen LogP contribution in [0.3, 0.4) is 0 Å². The fourth-order valence-corrected chi connectivity index (χ4v) is 4.02. The first-order valence-electron chi connectivity index (χ1n) is 8.76. The van der Waals surface area contributed by atoms with Gasteiger partial charge in [-0.25, -0.2) is 0 Å². The molecule has 0 radical (unpaired) electrons. The Morgan fingerprint density at radius 3 is 2.52 bits per heavy atom. The van der Waals surface area contributed by atoms with Gasteiger partial charge >= 0.3 is 0 Å². The summed E-state index contributed by atoms with van der Waals surface area (Å²) < 4.78 is 5.46. The molecule has 120 valence electrons. The summed E-state index contributed by atoms with van der Waals surface area (Å²) in [5, 5.41) is 3.28. The number of carbonyl (C=O) groups is 1.